The summed E-state index contributed by atoms with van der Waals surface area (Å²) >= 11 is 12.4. The van der Waals surface area contributed by atoms with Crippen molar-refractivity contribution < 1.29 is 8.42 Å². The molecule has 0 amide bonds. The molecule has 1 unspecified atom stereocenters. The van der Waals surface area contributed by atoms with Gasteiger partial charge in [-0.2, -0.15) is 5.10 Å². The summed E-state index contributed by atoms with van der Waals surface area (Å²) < 4.78 is 25.3. The van der Waals surface area contributed by atoms with Crippen LogP contribution in [0.3, 0.4) is 0 Å². The van der Waals surface area contributed by atoms with Crippen LogP contribution in [0.4, 0.5) is 0 Å². The first-order valence-electron chi connectivity index (χ1n) is 6.78. The van der Waals surface area contributed by atoms with E-state index in [-0.39, 0.29) is 22.8 Å². The Morgan fingerprint density at radius 2 is 2.15 bits per heavy atom. The minimum absolute atomic E-state index is 0.0347. The number of hydrogen-bond donors (Lipinski definition) is 0. The quantitative estimate of drug-likeness (QED) is 0.748. The predicted molar refractivity (Wildman–Crippen MR) is 82.2 cm³/mol. The molecule has 1 aromatic heterocycles. The first-order chi connectivity index (χ1) is 9.44. The van der Waals surface area contributed by atoms with Crippen molar-refractivity contribution in [1.29, 1.82) is 0 Å². The predicted octanol–water partition coefficient (Wildman–Crippen LogP) is 2.34. The number of alkyl halides is 2. The Hall–Kier alpha value is -0.260. The smallest absolute Gasteiger partial charge is 0.150 e. The molecular weight excluding hydrogens is 319 g/mol. The number of nitrogens with zero attached hydrogens (tertiary/aromatic N) is 2. The molecule has 1 atom stereocenters. The summed E-state index contributed by atoms with van der Waals surface area (Å²) in [6.07, 6.45) is 5.14. The van der Waals surface area contributed by atoms with E-state index in [4.69, 9.17) is 23.2 Å². The second kappa shape index (κ2) is 6.24. The molecule has 0 N–H and O–H groups in total. The highest BCUT2D eigenvalue weighted by Gasteiger charge is 2.43. The van der Waals surface area contributed by atoms with Gasteiger partial charge in [-0.3, -0.25) is 4.68 Å². The molecule has 0 saturated carbocycles. The normalized spacial score (nSPS) is 22.2. The molecule has 20 heavy (non-hydrogen) atoms. The molecule has 1 saturated heterocycles. The fourth-order valence-corrected chi connectivity index (χ4v) is 5.70. The lowest BCUT2D eigenvalue weighted by Gasteiger charge is -2.35. The maximum absolute atomic E-state index is 11.7. The van der Waals surface area contributed by atoms with Crippen LogP contribution in [-0.2, 0) is 22.8 Å². The third-order valence-corrected chi connectivity index (χ3v) is 7.03. The molecule has 0 aromatic carbocycles. The summed E-state index contributed by atoms with van der Waals surface area (Å²) in [4.78, 5) is 0. The zero-order chi connectivity index (χ0) is 14.8. The number of hydrogen-bond acceptors (Lipinski definition) is 3. The lowest BCUT2D eigenvalue weighted by molar-refractivity contribution is 0.244. The lowest BCUT2D eigenvalue weighted by atomic mass is 9.74. The van der Waals surface area contributed by atoms with Gasteiger partial charge in [0.1, 0.15) is 0 Å². The van der Waals surface area contributed by atoms with Crippen molar-refractivity contribution in [2.45, 2.75) is 26.3 Å². The second-order valence-corrected chi connectivity index (χ2v) is 8.37. The summed E-state index contributed by atoms with van der Waals surface area (Å²) in [5, 5.41) is 4.25. The molecular formula is C13H20Cl2N2O2S. The van der Waals surface area contributed by atoms with E-state index in [0.717, 1.165) is 12.1 Å². The third-order valence-electron chi connectivity index (χ3n) is 4.20. The first kappa shape index (κ1) is 16.1. The maximum atomic E-state index is 11.7. The highest BCUT2D eigenvalue weighted by Crippen LogP contribution is 2.41. The Bertz CT molecular complexity index is 552. The van der Waals surface area contributed by atoms with Gasteiger partial charge in [-0.15, -0.1) is 23.2 Å². The van der Waals surface area contributed by atoms with Crippen LogP contribution in [0, 0.1) is 11.3 Å². The second-order valence-electron chi connectivity index (χ2n) is 5.61. The zero-order valence-electron chi connectivity index (χ0n) is 11.6. The third kappa shape index (κ3) is 3.31. The van der Waals surface area contributed by atoms with E-state index in [1.54, 1.807) is 0 Å². The summed E-state index contributed by atoms with van der Waals surface area (Å²) in [7, 11) is -2.93. The number of aromatic nitrogens is 2. The molecule has 1 aliphatic heterocycles. The van der Waals surface area contributed by atoms with Gasteiger partial charge in [-0.05, 0) is 31.2 Å². The maximum Gasteiger partial charge on any atom is 0.150 e. The van der Waals surface area contributed by atoms with Crippen LogP contribution >= 0.6 is 23.2 Å². The molecule has 0 radical (unpaired) electrons. The summed E-state index contributed by atoms with van der Waals surface area (Å²) in [5.74, 6) is 1.23. The highest BCUT2D eigenvalue weighted by molar-refractivity contribution is 7.91. The van der Waals surface area contributed by atoms with Gasteiger partial charge >= 0.3 is 0 Å². The van der Waals surface area contributed by atoms with Crippen LogP contribution in [0.1, 0.15) is 18.9 Å². The SMILES string of the molecule is CCn1cc(CC(CCl)(CCl)C2CCS(=O)(=O)C2)cn1. The average molecular weight is 339 g/mol. The number of halogens is 2. The summed E-state index contributed by atoms with van der Waals surface area (Å²) in [6, 6.07) is 0. The van der Waals surface area contributed by atoms with Gasteiger partial charge in [-0.1, -0.05) is 0 Å². The molecule has 1 aromatic rings. The number of aryl methyl sites for hydroxylation is 1. The molecule has 0 aliphatic carbocycles. The van der Waals surface area contributed by atoms with Crippen molar-refractivity contribution >= 4 is 33.0 Å². The van der Waals surface area contributed by atoms with Crippen molar-refractivity contribution in [3.8, 4) is 0 Å². The van der Waals surface area contributed by atoms with Gasteiger partial charge in [-0.25, -0.2) is 8.42 Å². The summed E-state index contributed by atoms with van der Waals surface area (Å²) in [6.45, 7) is 2.84. The van der Waals surface area contributed by atoms with E-state index in [1.807, 2.05) is 24.0 Å². The van der Waals surface area contributed by atoms with E-state index in [2.05, 4.69) is 5.10 Å². The molecule has 2 heterocycles. The number of rotatable bonds is 6. The Kier molecular flexibility index (Phi) is 5.03. The van der Waals surface area contributed by atoms with Crippen LogP contribution in [0.2, 0.25) is 0 Å². The van der Waals surface area contributed by atoms with Crippen LogP contribution in [0.15, 0.2) is 12.4 Å². The van der Waals surface area contributed by atoms with Crippen LogP contribution in [0.5, 0.6) is 0 Å². The van der Waals surface area contributed by atoms with Crippen molar-refractivity contribution in [2.24, 2.45) is 11.3 Å². The van der Waals surface area contributed by atoms with Crippen molar-refractivity contribution in [1.82, 2.24) is 9.78 Å². The Labute approximate surface area is 130 Å². The van der Waals surface area contributed by atoms with Gasteiger partial charge in [0.15, 0.2) is 9.84 Å². The van der Waals surface area contributed by atoms with Crippen LogP contribution < -0.4 is 0 Å². The van der Waals surface area contributed by atoms with Gasteiger partial charge in [0.2, 0.25) is 0 Å². The van der Waals surface area contributed by atoms with Crippen molar-refractivity contribution in [3.05, 3.63) is 18.0 Å². The van der Waals surface area contributed by atoms with Crippen molar-refractivity contribution in [2.75, 3.05) is 23.3 Å². The largest absolute Gasteiger partial charge is 0.273 e. The minimum Gasteiger partial charge on any atom is -0.273 e. The standard InChI is InChI=1S/C13H20Cl2N2O2S/c1-2-17-7-11(6-16-17)5-13(9-14,10-15)12-3-4-20(18,19)8-12/h6-7,12H,2-5,8-10H2,1H3. The van der Waals surface area contributed by atoms with Gasteiger partial charge in [0.05, 0.1) is 17.7 Å². The van der Waals surface area contributed by atoms with Gasteiger partial charge in [0, 0.05) is 29.9 Å². The average Bonchev–Trinajstić information content (AvgIpc) is 3.02. The highest BCUT2D eigenvalue weighted by atomic mass is 35.5. The first-order valence-corrected chi connectivity index (χ1v) is 9.67. The molecule has 1 fully saturated rings. The van der Waals surface area contributed by atoms with Gasteiger partial charge < -0.3 is 0 Å². The van der Waals surface area contributed by atoms with E-state index in [9.17, 15) is 8.42 Å². The van der Waals surface area contributed by atoms with Crippen LogP contribution in [0.25, 0.3) is 0 Å². The minimum atomic E-state index is -2.93. The zero-order valence-corrected chi connectivity index (χ0v) is 13.9. The topological polar surface area (TPSA) is 52.0 Å². The molecule has 0 bridgehead atoms. The van der Waals surface area contributed by atoms with E-state index >= 15 is 0 Å². The molecule has 114 valence electrons. The van der Waals surface area contributed by atoms with Crippen LogP contribution in [-0.4, -0.2) is 41.5 Å². The van der Waals surface area contributed by atoms with E-state index < -0.39 is 9.84 Å². The fourth-order valence-electron chi connectivity index (χ4n) is 2.85. The molecule has 0 spiro atoms. The lowest BCUT2D eigenvalue weighted by Crippen LogP contribution is -2.37. The van der Waals surface area contributed by atoms with E-state index in [1.165, 1.54) is 0 Å². The molecule has 2 rings (SSSR count). The monoisotopic (exact) mass is 338 g/mol. The van der Waals surface area contributed by atoms with Crippen molar-refractivity contribution in [3.63, 3.8) is 0 Å². The fraction of sp³-hybridized carbons (Fsp3) is 0.769. The molecule has 7 heteroatoms. The Balaban J connectivity index is 2.21. The molecule has 1 aliphatic rings. The van der Waals surface area contributed by atoms with E-state index in [0.29, 0.717) is 24.6 Å². The van der Waals surface area contributed by atoms with Gasteiger partial charge in [0.25, 0.3) is 0 Å². The molecule has 4 nitrogen and oxygen atoms in total. The summed E-state index contributed by atoms with van der Waals surface area (Å²) in [5.41, 5.74) is 0.700. The number of sulfone groups is 1. The Morgan fingerprint density at radius 3 is 2.60 bits per heavy atom. The Morgan fingerprint density at radius 1 is 1.45 bits per heavy atom.